The number of Topliss-reactive ketones (excluding diaryl/α,β-unsaturated/α-hetero) is 1. The Hall–Kier alpha value is -0.370. The van der Waals surface area contributed by atoms with Gasteiger partial charge in [0.2, 0.25) is 0 Å². The maximum atomic E-state index is 11.3. The minimum Gasteiger partial charge on any atom is -0.313 e. The van der Waals surface area contributed by atoms with E-state index in [9.17, 15) is 4.79 Å². The maximum Gasteiger partial charge on any atom is 0.136 e. The first kappa shape index (κ1) is 9.72. The summed E-state index contributed by atoms with van der Waals surface area (Å²) in [6.45, 7) is 6.84. The average molecular weight is 169 g/mol. The van der Waals surface area contributed by atoms with Gasteiger partial charge in [-0.1, -0.05) is 20.3 Å². The molecule has 0 aromatic rings. The Kier molecular flexibility index (Phi) is 2.89. The normalized spacial score (nSPS) is 25.4. The summed E-state index contributed by atoms with van der Waals surface area (Å²) in [7, 11) is 0. The first-order valence-electron chi connectivity index (χ1n) is 4.79. The summed E-state index contributed by atoms with van der Waals surface area (Å²) in [6, 6.07) is 0.392. The molecule has 0 aromatic carbocycles. The molecule has 1 aliphatic rings. The lowest BCUT2D eigenvalue weighted by atomic mass is 9.77. The van der Waals surface area contributed by atoms with Crippen LogP contribution < -0.4 is 5.32 Å². The second-order valence-electron chi connectivity index (χ2n) is 4.28. The van der Waals surface area contributed by atoms with E-state index < -0.39 is 0 Å². The van der Waals surface area contributed by atoms with Gasteiger partial charge in [0.25, 0.3) is 0 Å². The van der Waals surface area contributed by atoms with Gasteiger partial charge in [-0.15, -0.1) is 0 Å². The van der Waals surface area contributed by atoms with Gasteiger partial charge in [0, 0.05) is 11.5 Å². The van der Waals surface area contributed by atoms with Gasteiger partial charge >= 0.3 is 0 Å². The average Bonchev–Trinajstić information content (AvgIpc) is 2.06. The lowest BCUT2D eigenvalue weighted by Gasteiger charge is -2.35. The summed E-state index contributed by atoms with van der Waals surface area (Å²) in [5, 5.41) is 3.42. The Balaban J connectivity index is 2.59. The van der Waals surface area contributed by atoms with Crippen LogP contribution in [-0.2, 0) is 4.79 Å². The third kappa shape index (κ3) is 1.86. The fourth-order valence-corrected chi connectivity index (χ4v) is 1.71. The molecule has 1 heterocycles. The molecular weight excluding hydrogens is 150 g/mol. The summed E-state index contributed by atoms with van der Waals surface area (Å²) in [5.41, 5.74) is -0.180. The van der Waals surface area contributed by atoms with Gasteiger partial charge in [0.15, 0.2) is 0 Å². The molecule has 1 saturated heterocycles. The second-order valence-corrected chi connectivity index (χ2v) is 4.28. The number of hydrogen-bond donors (Lipinski definition) is 1. The SMILES string of the molecule is CC(=O)C(C)(C)[C@H]1CCCCN1. The van der Waals surface area contributed by atoms with Crippen LogP contribution in [0.1, 0.15) is 40.0 Å². The molecule has 70 valence electrons. The molecular formula is C10H19NO. The van der Waals surface area contributed by atoms with Gasteiger partial charge < -0.3 is 5.32 Å². The van der Waals surface area contributed by atoms with Crippen molar-refractivity contribution < 1.29 is 4.79 Å². The highest BCUT2D eigenvalue weighted by atomic mass is 16.1. The fourth-order valence-electron chi connectivity index (χ4n) is 1.71. The monoisotopic (exact) mass is 169 g/mol. The molecule has 0 aromatic heterocycles. The molecule has 2 nitrogen and oxygen atoms in total. The molecule has 2 heteroatoms. The zero-order valence-electron chi connectivity index (χ0n) is 8.31. The van der Waals surface area contributed by atoms with Crippen molar-refractivity contribution in [1.29, 1.82) is 0 Å². The van der Waals surface area contributed by atoms with Crippen molar-refractivity contribution in [1.82, 2.24) is 5.32 Å². The third-order valence-corrected chi connectivity index (χ3v) is 3.09. The Labute approximate surface area is 74.7 Å². The largest absolute Gasteiger partial charge is 0.313 e. The van der Waals surface area contributed by atoms with E-state index in [-0.39, 0.29) is 5.41 Å². The maximum absolute atomic E-state index is 11.3. The number of ketones is 1. The molecule has 1 N–H and O–H groups in total. The van der Waals surface area contributed by atoms with Crippen molar-refractivity contribution in [3.05, 3.63) is 0 Å². The van der Waals surface area contributed by atoms with E-state index in [0.29, 0.717) is 11.8 Å². The van der Waals surface area contributed by atoms with Crippen LogP contribution in [0.15, 0.2) is 0 Å². The summed E-state index contributed by atoms with van der Waals surface area (Å²) < 4.78 is 0. The number of rotatable bonds is 2. The molecule has 1 rings (SSSR count). The van der Waals surface area contributed by atoms with Crippen molar-refractivity contribution >= 4 is 5.78 Å². The van der Waals surface area contributed by atoms with Crippen LogP contribution in [0.4, 0.5) is 0 Å². The molecule has 0 spiro atoms. The molecule has 0 aliphatic carbocycles. The van der Waals surface area contributed by atoms with Gasteiger partial charge in [-0.3, -0.25) is 4.79 Å². The molecule has 0 unspecified atom stereocenters. The van der Waals surface area contributed by atoms with Crippen molar-refractivity contribution in [3.8, 4) is 0 Å². The van der Waals surface area contributed by atoms with Gasteiger partial charge in [0.05, 0.1) is 0 Å². The standard InChI is InChI=1S/C10H19NO/c1-8(12)10(2,3)9-6-4-5-7-11-9/h9,11H,4-7H2,1-3H3/t9-/m1/s1. The molecule has 0 amide bonds. The third-order valence-electron chi connectivity index (χ3n) is 3.09. The summed E-state index contributed by atoms with van der Waals surface area (Å²) >= 11 is 0. The zero-order chi connectivity index (χ0) is 9.19. The molecule has 0 saturated carbocycles. The van der Waals surface area contributed by atoms with Crippen LogP contribution in [0.3, 0.4) is 0 Å². The van der Waals surface area contributed by atoms with Crippen molar-refractivity contribution in [2.24, 2.45) is 5.41 Å². The molecule has 1 aliphatic heterocycles. The van der Waals surface area contributed by atoms with Gasteiger partial charge in [-0.2, -0.15) is 0 Å². The molecule has 0 bridgehead atoms. The van der Waals surface area contributed by atoms with E-state index in [0.717, 1.165) is 13.0 Å². The predicted molar refractivity (Wildman–Crippen MR) is 50.1 cm³/mol. The van der Waals surface area contributed by atoms with Crippen LogP contribution in [0.5, 0.6) is 0 Å². The van der Waals surface area contributed by atoms with Crippen molar-refractivity contribution in [3.63, 3.8) is 0 Å². The van der Waals surface area contributed by atoms with Crippen LogP contribution in [-0.4, -0.2) is 18.4 Å². The van der Waals surface area contributed by atoms with Crippen molar-refractivity contribution in [2.75, 3.05) is 6.54 Å². The van der Waals surface area contributed by atoms with Crippen LogP contribution >= 0.6 is 0 Å². The van der Waals surface area contributed by atoms with Gasteiger partial charge in [-0.05, 0) is 26.3 Å². The van der Waals surface area contributed by atoms with Crippen LogP contribution in [0.2, 0.25) is 0 Å². The second kappa shape index (κ2) is 3.56. The van der Waals surface area contributed by atoms with Crippen molar-refractivity contribution in [2.45, 2.75) is 46.1 Å². The minimum atomic E-state index is -0.180. The first-order chi connectivity index (χ1) is 5.55. The highest BCUT2D eigenvalue weighted by molar-refractivity contribution is 5.82. The number of carbonyl (C=O) groups is 1. The van der Waals surface area contributed by atoms with E-state index in [1.54, 1.807) is 6.92 Å². The van der Waals surface area contributed by atoms with Gasteiger partial charge in [0.1, 0.15) is 5.78 Å². The van der Waals surface area contributed by atoms with Crippen LogP contribution in [0.25, 0.3) is 0 Å². The van der Waals surface area contributed by atoms with E-state index in [2.05, 4.69) is 5.32 Å². The number of carbonyl (C=O) groups excluding carboxylic acids is 1. The van der Waals surface area contributed by atoms with E-state index in [1.165, 1.54) is 12.8 Å². The quantitative estimate of drug-likeness (QED) is 0.682. The molecule has 0 radical (unpaired) electrons. The lowest BCUT2D eigenvalue weighted by molar-refractivity contribution is -0.126. The first-order valence-corrected chi connectivity index (χ1v) is 4.79. The minimum absolute atomic E-state index is 0.180. The molecule has 12 heavy (non-hydrogen) atoms. The Morgan fingerprint density at radius 1 is 1.42 bits per heavy atom. The predicted octanol–water partition coefficient (Wildman–Crippen LogP) is 1.74. The topological polar surface area (TPSA) is 29.1 Å². The Bertz CT molecular complexity index is 169. The Morgan fingerprint density at radius 3 is 2.50 bits per heavy atom. The zero-order valence-corrected chi connectivity index (χ0v) is 8.31. The Morgan fingerprint density at radius 2 is 2.08 bits per heavy atom. The highest BCUT2D eigenvalue weighted by Crippen LogP contribution is 2.27. The van der Waals surface area contributed by atoms with Gasteiger partial charge in [-0.25, -0.2) is 0 Å². The summed E-state index contributed by atoms with van der Waals surface area (Å²) in [4.78, 5) is 11.3. The lowest BCUT2D eigenvalue weighted by Crippen LogP contribution is -2.48. The van der Waals surface area contributed by atoms with E-state index >= 15 is 0 Å². The van der Waals surface area contributed by atoms with E-state index in [1.807, 2.05) is 13.8 Å². The smallest absolute Gasteiger partial charge is 0.136 e. The molecule has 1 atom stereocenters. The molecule has 1 fully saturated rings. The van der Waals surface area contributed by atoms with Crippen LogP contribution in [0, 0.1) is 5.41 Å². The highest BCUT2D eigenvalue weighted by Gasteiger charge is 2.34. The fraction of sp³-hybridized carbons (Fsp3) is 0.900. The number of piperidine rings is 1. The number of nitrogens with one attached hydrogen (secondary N) is 1. The van der Waals surface area contributed by atoms with E-state index in [4.69, 9.17) is 0 Å². The number of hydrogen-bond acceptors (Lipinski definition) is 2. The summed E-state index contributed by atoms with van der Waals surface area (Å²) in [6.07, 6.45) is 3.66. The summed E-state index contributed by atoms with van der Waals surface area (Å²) in [5.74, 6) is 0.293.